The van der Waals surface area contributed by atoms with Crippen LogP contribution in [0.4, 0.5) is 0 Å². The largest absolute Gasteiger partial charge is 0.487 e. The number of carbonyl (C=O) groups is 1. The molecule has 1 saturated heterocycles. The number of benzene rings is 2. The molecule has 0 atom stereocenters. The molecule has 25 heavy (non-hydrogen) atoms. The third-order valence-corrected chi connectivity index (χ3v) is 4.93. The molecule has 1 aliphatic heterocycles. The van der Waals surface area contributed by atoms with Crippen LogP contribution in [0, 0.1) is 0 Å². The third-order valence-electron chi connectivity index (χ3n) is 4.40. The monoisotopic (exact) mass is 401 g/mol. The molecule has 1 amide bonds. The number of nitrogens with one attached hydrogen (secondary N) is 1. The highest BCUT2D eigenvalue weighted by Crippen LogP contribution is 2.22. The number of aromatic nitrogens is 2. The summed E-state index contributed by atoms with van der Waals surface area (Å²) in [5.74, 6) is 0.742. The number of amides is 1. The van der Waals surface area contributed by atoms with Gasteiger partial charge in [0, 0.05) is 17.1 Å². The zero-order valence-corrected chi connectivity index (χ0v) is 15.1. The van der Waals surface area contributed by atoms with Gasteiger partial charge in [0.1, 0.15) is 11.9 Å². The molecule has 3 aromatic rings. The molecule has 128 valence electrons. The van der Waals surface area contributed by atoms with Gasteiger partial charge in [-0.3, -0.25) is 9.36 Å². The van der Waals surface area contributed by atoms with Crippen LogP contribution < -0.4 is 10.4 Å². The maximum atomic E-state index is 12.6. The zero-order chi connectivity index (χ0) is 17.6. The van der Waals surface area contributed by atoms with Gasteiger partial charge < -0.3 is 14.6 Å². The number of imidazole rings is 1. The number of hydrogen-bond donors (Lipinski definition) is 1. The van der Waals surface area contributed by atoms with Crippen molar-refractivity contribution >= 4 is 32.9 Å². The number of halogens is 1. The van der Waals surface area contributed by atoms with Gasteiger partial charge in [0.2, 0.25) is 0 Å². The number of H-pyrrole nitrogens is 1. The van der Waals surface area contributed by atoms with Crippen molar-refractivity contribution in [3.8, 4) is 5.75 Å². The van der Waals surface area contributed by atoms with E-state index in [2.05, 4.69) is 20.9 Å². The Morgan fingerprint density at radius 1 is 1.20 bits per heavy atom. The number of nitrogens with zero attached hydrogens (tertiary/aromatic N) is 2. The van der Waals surface area contributed by atoms with Crippen LogP contribution in [0.3, 0.4) is 0 Å². The summed E-state index contributed by atoms with van der Waals surface area (Å²) in [6.45, 7) is 1.11. The van der Waals surface area contributed by atoms with Gasteiger partial charge in [0.05, 0.1) is 24.1 Å². The molecule has 0 bridgehead atoms. The molecule has 0 spiro atoms. The normalized spacial score (nSPS) is 14.6. The Kier molecular flexibility index (Phi) is 3.88. The summed E-state index contributed by atoms with van der Waals surface area (Å²) in [5.41, 5.74) is 1.83. The van der Waals surface area contributed by atoms with Gasteiger partial charge in [0.25, 0.3) is 5.91 Å². The summed E-state index contributed by atoms with van der Waals surface area (Å²) in [4.78, 5) is 28.7. The van der Waals surface area contributed by atoms with E-state index in [4.69, 9.17) is 4.74 Å². The van der Waals surface area contributed by atoms with Gasteiger partial charge in [-0.1, -0.05) is 15.9 Å². The van der Waals surface area contributed by atoms with Crippen molar-refractivity contribution in [3.05, 3.63) is 63.0 Å². The second kappa shape index (κ2) is 6.07. The van der Waals surface area contributed by atoms with Crippen molar-refractivity contribution in [2.24, 2.45) is 7.05 Å². The van der Waals surface area contributed by atoms with E-state index in [1.165, 1.54) is 4.57 Å². The minimum atomic E-state index is -0.188. The van der Waals surface area contributed by atoms with E-state index in [1.54, 1.807) is 30.1 Å². The van der Waals surface area contributed by atoms with Crippen LogP contribution in [0.15, 0.2) is 51.7 Å². The summed E-state index contributed by atoms with van der Waals surface area (Å²) in [6.07, 6.45) is 0.00499. The number of rotatable bonds is 3. The zero-order valence-electron chi connectivity index (χ0n) is 13.5. The van der Waals surface area contributed by atoms with Crippen LogP contribution in [0.1, 0.15) is 10.4 Å². The SMILES string of the molecule is Cn1c(=O)[nH]c2cc(C(=O)N3CC(Oc4ccc(Br)cc4)C3)ccc21. The van der Waals surface area contributed by atoms with E-state index in [1.807, 2.05) is 24.3 Å². The Balaban J connectivity index is 1.43. The van der Waals surface area contributed by atoms with Crippen LogP contribution in [-0.2, 0) is 7.05 Å². The number of likely N-dealkylation sites (tertiary alicyclic amines) is 1. The Bertz CT molecular complexity index is 1000. The molecule has 7 heteroatoms. The number of hydrogen-bond acceptors (Lipinski definition) is 3. The lowest BCUT2D eigenvalue weighted by Crippen LogP contribution is -2.56. The standard InChI is InChI=1S/C18H16BrN3O3/c1-21-16-7-2-11(8-15(16)20-18(21)24)17(23)22-9-14(10-22)25-13-5-3-12(19)4-6-13/h2-8,14H,9-10H2,1H3,(H,20,24). The van der Waals surface area contributed by atoms with Gasteiger partial charge in [-0.2, -0.15) is 0 Å². The Labute approximate surface area is 152 Å². The molecule has 0 saturated carbocycles. The number of carbonyl (C=O) groups excluding carboxylic acids is 1. The highest BCUT2D eigenvalue weighted by molar-refractivity contribution is 9.10. The molecule has 0 radical (unpaired) electrons. The predicted molar refractivity (Wildman–Crippen MR) is 98.0 cm³/mol. The highest BCUT2D eigenvalue weighted by atomic mass is 79.9. The van der Waals surface area contributed by atoms with E-state index in [9.17, 15) is 9.59 Å². The molecule has 0 aliphatic carbocycles. The van der Waals surface area contributed by atoms with Gasteiger partial charge in [0.15, 0.2) is 0 Å². The predicted octanol–water partition coefficient (Wildman–Crippen LogP) is 2.53. The first kappa shape index (κ1) is 16.0. The number of fused-ring (bicyclic) bond motifs is 1. The third kappa shape index (κ3) is 2.95. The number of aryl methyl sites for hydroxylation is 1. The maximum Gasteiger partial charge on any atom is 0.326 e. The van der Waals surface area contributed by atoms with Crippen molar-refractivity contribution in [1.82, 2.24) is 14.5 Å². The summed E-state index contributed by atoms with van der Waals surface area (Å²) in [5, 5.41) is 0. The van der Waals surface area contributed by atoms with Crippen molar-refractivity contribution in [1.29, 1.82) is 0 Å². The lowest BCUT2D eigenvalue weighted by molar-refractivity contribution is 0.0178. The molecular weight excluding hydrogens is 386 g/mol. The van der Waals surface area contributed by atoms with Crippen LogP contribution >= 0.6 is 15.9 Å². The average molecular weight is 402 g/mol. The van der Waals surface area contributed by atoms with Gasteiger partial charge in [-0.25, -0.2) is 4.79 Å². The summed E-state index contributed by atoms with van der Waals surface area (Å²) in [6, 6.07) is 12.9. The van der Waals surface area contributed by atoms with Crippen LogP contribution in [0.2, 0.25) is 0 Å². The van der Waals surface area contributed by atoms with Crippen LogP contribution in [0.5, 0.6) is 5.75 Å². The molecule has 1 N–H and O–H groups in total. The quantitative estimate of drug-likeness (QED) is 0.732. The molecule has 6 nitrogen and oxygen atoms in total. The van der Waals surface area contributed by atoms with Crippen molar-refractivity contribution < 1.29 is 9.53 Å². The Hall–Kier alpha value is -2.54. The smallest absolute Gasteiger partial charge is 0.326 e. The summed E-state index contributed by atoms with van der Waals surface area (Å²) in [7, 11) is 1.70. The molecule has 4 rings (SSSR count). The van der Waals surface area contributed by atoms with E-state index >= 15 is 0 Å². The van der Waals surface area contributed by atoms with Gasteiger partial charge in [-0.15, -0.1) is 0 Å². The number of aromatic amines is 1. The minimum absolute atomic E-state index is 0.00499. The lowest BCUT2D eigenvalue weighted by Gasteiger charge is -2.39. The molecule has 1 aliphatic rings. The van der Waals surface area contributed by atoms with E-state index in [0.29, 0.717) is 24.2 Å². The first-order valence-corrected chi connectivity index (χ1v) is 8.71. The second-order valence-corrected chi connectivity index (χ2v) is 7.04. The van der Waals surface area contributed by atoms with Gasteiger partial charge in [-0.05, 0) is 42.5 Å². The average Bonchev–Trinajstić information content (AvgIpc) is 2.85. The first-order valence-electron chi connectivity index (χ1n) is 7.91. The first-order chi connectivity index (χ1) is 12.0. The number of ether oxygens (including phenoxy) is 1. The van der Waals surface area contributed by atoms with Crippen molar-refractivity contribution in [2.45, 2.75) is 6.10 Å². The summed E-state index contributed by atoms with van der Waals surface area (Å²) >= 11 is 3.39. The molecule has 1 fully saturated rings. The Morgan fingerprint density at radius 2 is 1.92 bits per heavy atom. The highest BCUT2D eigenvalue weighted by Gasteiger charge is 2.33. The van der Waals surface area contributed by atoms with Crippen molar-refractivity contribution in [3.63, 3.8) is 0 Å². The van der Waals surface area contributed by atoms with Crippen molar-refractivity contribution in [2.75, 3.05) is 13.1 Å². The fourth-order valence-electron chi connectivity index (χ4n) is 2.94. The molecule has 2 aromatic carbocycles. The fraction of sp³-hybridized carbons (Fsp3) is 0.222. The minimum Gasteiger partial charge on any atom is -0.487 e. The van der Waals surface area contributed by atoms with Gasteiger partial charge >= 0.3 is 5.69 Å². The van der Waals surface area contributed by atoms with Crippen LogP contribution in [-0.4, -0.2) is 39.6 Å². The van der Waals surface area contributed by atoms with E-state index in [0.717, 1.165) is 15.7 Å². The lowest BCUT2D eigenvalue weighted by atomic mass is 10.1. The fourth-order valence-corrected chi connectivity index (χ4v) is 3.20. The topological polar surface area (TPSA) is 67.3 Å². The second-order valence-electron chi connectivity index (χ2n) is 6.13. The van der Waals surface area contributed by atoms with E-state index < -0.39 is 0 Å². The molecule has 1 aromatic heterocycles. The molecule has 0 unspecified atom stereocenters. The van der Waals surface area contributed by atoms with Crippen LogP contribution in [0.25, 0.3) is 11.0 Å². The molecular formula is C18H16BrN3O3. The van der Waals surface area contributed by atoms with E-state index in [-0.39, 0.29) is 17.7 Å². The Morgan fingerprint density at radius 3 is 2.64 bits per heavy atom. The summed E-state index contributed by atoms with van der Waals surface area (Å²) < 4.78 is 8.37. The molecule has 2 heterocycles. The maximum absolute atomic E-state index is 12.6.